The van der Waals surface area contributed by atoms with E-state index in [1.165, 1.54) is 23.4 Å². The minimum atomic E-state index is -1.31. The van der Waals surface area contributed by atoms with Crippen molar-refractivity contribution in [2.45, 2.75) is 69.3 Å². The van der Waals surface area contributed by atoms with Gasteiger partial charge in [-0.1, -0.05) is 29.1 Å². The fraction of sp³-hybridized carbons (Fsp3) is 0.458. The Morgan fingerprint density at radius 1 is 0.923 bits per heavy atom. The second-order valence-electron chi connectivity index (χ2n) is 8.52. The molecule has 1 aromatic carbocycles. The molecule has 14 nitrogen and oxygen atoms in total. The first-order valence-electron chi connectivity index (χ1n) is 11.8. The number of para-hydroxylation sites is 2. The predicted octanol–water partition coefficient (Wildman–Crippen LogP) is 1.97. The van der Waals surface area contributed by atoms with E-state index in [4.69, 9.17) is 28.1 Å². The first-order chi connectivity index (χ1) is 18.6. The van der Waals surface area contributed by atoms with Gasteiger partial charge in [0.05, 0.1) is 11.9 Å². The number of aromatic nitrogens is 4. The number of hydrogen-bond donors (Lipinski definition) is 0. The highest BCUT2D eigenvalue weighted by Gasteiger charge is 2.53. The van der Waals surface area contributed by atoms with Gasteiger partial charge in [-0.2, -0.15) is 0 Å². The largest absolute Gasteiger partial charge is 0.463 e. The molecule has 1 aliphatic heterocycles. The van der Waals surface area contributed by atoms with Crippen LogP contribution in [0.2, 0.25) is 0 Å². The third-order valence-corrected chi connectivity index (χ3v) is 6.26. The van der Waals surface area contributed by atoms with E-state index in [0.29, 0.717) is 22.3 Å². The molecule has 0 spiro atoms. The van der Waals surface area contributed by atoms with Crippen molar-refractivity contribution in [3.63, 3.8) is 0 Å². The Kier molecular flexibility index (Phi) is 8.81. The van der Waals surface area contributed by atoms with E-state index < -0.39 is 54.5 Å². The molecule has 0 aliphatic carbocycles. The lowest BCUT2D eigenvalue weighted by Crippen LogP contribution is -2.60. The van der Waals surface area contributed by atoms with E-state index in [-0.39, 0.29) is 6.61 Å². The summed E-state index contributed by atoms with van der Waals surface area (Å²) >= 11 is 1.29. The molecule has 0 N–H and O–H groups in total. The third-order valence-electron chi connectivity index (χ3n) is 5.40. The Morgan fingerprint density at radius 3 is 2.26 bits per heavy atom. The average Bonchev–Trinajstić information content (AvgIpc) is 3.50. The van der Waals surface area contributed by atoms with Crippen LogP contribution in [-0.2, 0) is 48.6 Å². The van der Waals surface area contributed by atoms with Crippen LogP contribution < -0.4 is 0 Å². The number of thioether (sulfide) groups is 1. The molecule has 1 fully saturated rings. The maximum atomic E-state index is 12.0. The van der Waals surface area contributed by atoms with E-state index in [2.05, 4.69) is 15.3 Å². The van der Waals surface area contributed by atoms with Gasteiger partial charge >= 0.3 is 23.9 Å². The Balaban J connectivity index is 1.60. The maximum absolute atomic E-state index is 12.0. The van der Waals surface area contributed by atoms with Crippen LogP contribution in [0.25, 0.3) is 11.1 Å². The molecule has 3 aromatic rings. The van der Waals surface area contributed by atoms with Gasteiger partial charge in [0, 0.05) is 33.4 Å². The third kappa shape index (κ3) is 7.11. The minimum Gasteiger partial charge on any atom is -0.463 e. The lowest BCUT2D eigenvalue weighted by molar-refractivity contribution is -0.270. The molecular weight excluding hydrogens is 536 g/mol. The van der Waals surface area contributed by atoms with E-state index in [0.717, 1.165) is 26.3 Å². The molecule has 4 rings (SSSR count). The highest BCUT2D eigenvalue weighted by atomic mass is 32.2. The fourth-order valence-electron chi connectivity index (χ4n) is 3.97. The molecule has 0 radical (unpaired) electrons. The van der Waals surface area contributed by atoms with Crippen LogP contribution in [0.3, 0.4) is 0 Å². The van der Waals surface area contributed by atoms with Crippen LogP contribution in [0.5, 0.6) is 0 Å². The summed E-state index contributed by atoms with van der Waals surface area (Å²) in [6.07, 6.45) is -4.58. The smallest absolute Gasteiger partial charge is 0.303 e. The van der Waals surface area contributed by atoms with Gasteiger partial charge in [-0.05, 0) is 12.1 Å². The second-order valence-corrected chi connectivity index (χ2v) is 9.44. The number of ether oxygens (including phenoxy) is 5. The normalized spacial score (nSPS) is 22.7. The van der Waals surface area contributed by atoms with Crippen molar-refractivity contribution in [1.29, 1.82) is 0 Å². The molecule has 0 amide bonds. The van der Waals surface area contributed by atoms with E-state index in [9.17, 15) is 19.2 Å². The van der Waals surface area contributed by atoms with Crippen molar-refractivity contribution in [2.24, 2.45) is 0 Å². The average molecular weight is 563 g/mol. The van der Waals surface area contributed by atoms with Crippen LogP contribution in [0, 0.1) is 0 Å². The first-order valence-corrected chi connectivity index (χ1v) is 12.8. The SMILES string of the molecule is CC(=O)OC[C@H]1O[C@@H](n2cc(CSc3nc4ccccc4o3)nn2)[C@H](OC(C)=O)[C@@H](OC(C)=O)[C@@H]1OC(C)=O. The molecular formula is C24H26N4O10S. The summed E-state index contributed by atoms with van der Waals surface area (Å²) in [6, 6.07) is 7.36. The molecule has 1 aliphatic rings. The van der Waals surface area contributed by atoms with Crippen molar-refractivity contribution in [1.82, 2.24) is 20.0 Å². The van der Waals surface area contributed by atoms with Gasteiger partial charge in [0.15, 0.2) is 30.1 Å². The molecule has 39 heavy (non-hydrogen) atoms. The van der Waals surface area contributed by atoms with Crippen molar-refractivity contribution < 1.29 is 47.3 Å². The molecule has 5 atom stereocenters. The number of esters is 4. The number of nitrogens with zero attached hydrogens (tertiary/aromatic N) is 4. The molecule has 0 saturated carbocycles. The zero-order valence-electron chi connectivity index (χ0n) is 21.5. The van der Waals surface area contributed by atoms with Gasteiger partial charge in [-0.3, -0.25) is 19.2 Å². The van der Waals surface area contributed by atoms with Crippen molar-refractivity contribution in [2.75, 3.05) is 6.61 Å². The predicted molar refractivity (Wildman–Crippen MR) is 131 cm³/mol. The van der Waals surface area contributed by atoms with E-state index in [1.807, 2.05) is 24.3 Å². The summed E-state index contributed by atoms with van der Waals surface area (Å²) in [5.74, 6) is -2.43. The highest BCUT2D eigenvalue weighted by Crippen LogP contribution is 2.35. The van der Waals surface area contributed by atoms with E-state index >= 15 is 0 Å². The van der Waals surface area contributed by atoms with Crippen LogP contribution in [0.1, 0.15) is 39.6 Å². The van der Waals surface area contributed by atoms with Gasteiger partial charge in [-0.25, -0.2) is 9.67 Å². The summed E-state index contributed by atoms with van der Waals surface area (Å²) < 4.78 is 34.5. The quantitative estimate of drug-likeness (QED) is 0.210. The lowest BCUT2D eigenvalue weighted by atomic mass is 9.97. The van der Waals surface area contributed by atoms with Crippen LogP contribution >= 0.6 is 11.8 Å². The van der Waals surface area contributed by atoms with Gasteiger partial charge in [0.1, 0.15) is 18.2 Å². The van der Waals surface area contributed by atoms with Gasteiger partial charge in [0.2, 0.25) is 0 Å². The highest BCUT2D eigenvalue weighted by molar-refractivity contribution is 7.98. The number of carbonyl (C=O) groups excluding carboxylic acids is 4. The standard InChI is InChI=1S/C24H26N4O10S/c1-12(29)33-10-19-20(34-13(2)30)21(35-14(3)31)22(36-15(4)32)23(37-19)28-9-16(26-27-28)11-39-24-25-17-7-5-6-8-18(17)38-24/h5-9,19-23H,10-11H2,1-4H3/t19-,20-,21+,22-,23-/m1/s1. The fourth-order valence-corrected chi connectivity index (χ4v) is 4.69. The van der Waals surface area contributed by atoms with E-state index in [1.54, 1.807) is 6.20 Å². The van der Waals surface area contributed by atoms with Crippen molar-refractivity contribution >= 4 is 46.7 Å². The van der Waals surface area contributed by atoms with Crippen LogP contribution in [-0.4, -0.2) is 74.9 Å². The molecule has 15 heteroatoms. The minimum absolute atomic E-state index is 0.331. The Morgan fingerprint density at radius 2 is 1.59 bits per heavy atom. The molecule has 2 aromatic heterocycles. The maximum Gasteiger partial charge on any atom is 0.303 e. The summed E-state index contributed by atoms with van der Waals surface area (Å²) in [5, 5.41) is 8.70. The zero-order valence-corrected chi connectivity index (χ0v) is 22.3. The van der Waals surface area contributed by atoms with Crippen LogP contribution in [0.15, 0.2) is 40.1 Å². The molecule has 208 valence electrons. The number of carbonyl (C=O) groups is 4. The molecule has 1 saturated heterocycles. The zero-order chi connectivity index (χ0) is 28.1. The van der Waals surface area contributed by atoms with Gasteiger partial charge in [-0.15, -0.1) is 5.10 Å². The number of benzene rings is 1. The lowest BCUT2D eigenvalue weighted by Gasteiger charge is -2.44. The first kappa shape index (κ1) is 28.0. The molecule has 0 bridgehead atoms. The van der Waals surface area contributed by atoms with Gasteiger partial charge < -0.3 is 28.1 Å². The number of rotatable bonds is 9. The topological polar surface area (TPSA) is 171 Å². The van der Waals surface area contributed by atoms with Crippen molar-refractivity contribution in [3.05, 3.63) is 36.2 Å². The van der Waals surface area contributed by atoms with Gasteiger partial charge in [0.25, 0.3) is 5.22 Å². The Labute approximate surface area is 226 Å². The second kappa shape index (κ2) is 12.3. The summed E-state index contributed by atoms with van der Waals surface area (Å²) in [4.78, 5) is 51.8. The molecule has 3 heterocycles. The number of fused-ring (bicyclic) bond motifs is 1. The number of hydrogen-bond acceptors (Lipinski definition) is 14. The monoisotopic (exact) mass is 562 g/mol. The van der Waals surface area contributed by atoms with Crippen LogP contribution in [0.4, 0.5) is 0 Å². The Bertz CT molecular complexity index is 1320. The number of oxazole rings is 1. The van der Waals surface area contributed by atoms with Crippen molar-refractivity contribution in [3.8, 4) is 0 Å². The summed E-state index contributed by atoms with van der Waals surface area (Å²) in [7, 11) is 0. The Hall–Kier alpha value is -3.98. The summed E-state index contributed by atoms with van der Waals surface area (Å²) in [5.41, 5.74) is 1.89. The molecule has 0 unspecified atom stereocenters. The summed E-state index contributed by atoms with van der Waals surface area (Å²) in [6.45, 7) is 4.32.